The van der Waals surface area contributed by atoms with Gasteiger partial charge in [-0.15, -0.1) is 0 Å². The number of esters is 1. The van der Waals surface area contributed by atoms with Crippen LogP contribution >= 0.6 is 0 Å². The van der Waals surface area contributed by atoms with Crippen molar-refractivity contribution in [3.63, 3.8) is 0 Å². The van der Waals surface area contributed by atoms with Gasteiger partial charge in [0.05, 0.1) is 12.6 Å². The second-order valence-electron chi connectivity index (χ2n) is 7.16. The molecule has 0 bridgehead atoms. The smallest absolute Gasteiger partial charge is 0.409 e. The molecule has 8 heteroatoms. The number of amides is 2. The van der Waals surface area contributed by atoms with Gasteiger partial charge in [-0.1, -0.05) is 6.92 Å². The largest absolute Gasteiger partial charge is 0.460 e. The standard InChI is InChI=1S/C17H31N3O5/c1-5-12-24-16(23)20-10-8-19(9-11-20)15(22)13(18)6-7-14(21)25-17(2,3)4/h13H,5-12,18H2,1-4H3/t13-/m0/s1. The molecule has 1 fully saturated rings. The maximum atomic E-state index is 12.4. The van der Waals surface area contributed by atoms with Crippen LogP contribution in [0.1, 0.15) is 47.0 Å². The predicted molar refractivity (Wildman–Crippen MR) is 92.8 cm³/mol. The lowest BCUT2D eigenvalue weighted by molar-refractivity contribution is -0.155. The van der Waals surface area contributed by atoms with Crippen molar-refractivity contribution in [2.45, 2.75) is 58.6 Å². The summed E-state index contributed by atoms with van der Waals surface area (Å²) in [5, 5.41) is 0. The molecule has 0 aromatic rings. The van der Waals surface area contributed by atoms with E-state index in [2.05, 4.69) is 0 Å². The van der Waals surface area contributed by atoms with Crippen molar-refractivity contribution in [2.24, 2.45) is 5.73 Å². The molecular formula is C17H31N3O5. The van der Waals surface area contributed by atoms with E-state index < -0.39 is 11.6 Å². The number of carbonyl (C=O) groups excluding carboxylic acids is 3. The Hall–Kier alpha value is -1.83. The summed E-state index contributed by atoms with van der Waals surface area (Å²) in [5.74, 6) is -0.565. The lowest BCUT2D eigenvalue weighted by atomic mass is 10.1. The lowest BCUT2D eigenvalue weighted by Crippen LogP contribution is -2.54. The Kier molecular flexibility index (Phi) is 8.15. The molecule has 25 heavy (non-hydrogen) atoms. The highest BCUT2D eigenvalue weighted by Gasteiger charge is 2.28. The van der Waals surface area contributed by atoms with Crippen molar-refractivity contribution >= 4 is 18.0 Å². The van der Waals surface area contributed by atoms with Crippen LogP contribution in [0.5, 0.6) is 0 Å². The van der Waals surface area contributed by atoms with Crippen LogP contribution in [0, 0.1) is 0 Å². The summed E-state index contributed by atoms with van der Waals surface area (Å²) in [6.45, 7) is 9.39. The molecule has 1 rings (SSSR count). The third-order valence-electron chi connectivity index (χ3n) is 3.68. The summed E-state index contributed by atoms with van der Waals surface area (Å²) in [5.41, 5.74) is 5.37. The number of ether oxygens (including phenoxy) is 2. The zero-order valence-electron chi connectivity index (χ0n) is 15.7. The number of piperazine rings is 1. The molecule has 1 aliphatic heterocycles. The Morgan fingerprint density at radius 3 is 2.16 bits per heavy atom. The van der Waals surface area contributed by atoms with Crippen molar-refractivity contribution < 1.29 is 23.9 Å². The minimum absolute atomic E-state index is 0.105. The molecule has 0 aromatic heterocycles. The fraction of sp³-hybridized carbons (Fsp3) is 0.824. The van der Waals surface area contributed by atoms with Crippen LogP contribution in [-0.4, -0.2) is 72.2 Å². The molecule has 1 heterocycles. The van der Waals surface area contributed by atoms with Gasteiger partial charge in [-0.25, -0.2) is 4.79 Å². The quantitative estimate of drug-likeness (QED) is 0.715. The molecule has 2 amide bonds. The van der Waals surface area contributed by atoms with E-state index in [0.29, 0.717) is 32.8 Å². The van der Waals surface area contributed by atoms with Crippen molar-refractivity contribution in [3.8, 4) is 0 Å². The van der Waals surface area contributed by atoms with Gasteiger partial charge in [-0.2, -0.15) is 0 Å². The fourth-order valence-electron chi connectivity index (χ4n) is 2.41. The number of carbonyl (C=O) groups is 3. The highest BCUT2D eigenvalue weighted by Crippen LogP contribution is 2.11. The number of nitrogens with zero attached hydrogens (tertiary/aromatic N) is 2. The van der Waals surface area contributed by atoms with Crippen molar-refractivity contribution in [1.82, 2.24) is 9.80 Å². The van der Waals surface area contributed by atoms with Gasteiger partial charge in [0, 0.05) is 32.6 Å². The van der Waals surface area contributed by atoms with Gasteiger partial charge in [0.25, 0.3) is 0 Å². The zero-order valence-corrected chi connectivity index (χ0v) is 15.7. The Labute approximate surface area is 149 Å². The molecule has 0 spiro atoms. The van der Waals surface area contributed by atoms with E-state index in [1.807, 2.05) is 6.92 Å². The molecule has 144 valence electrons. The monoisotopic (exact) mass is 357 g/mol. The Morgan fingerprint density at radius 1 is 1.08 bits per heavy atom. The van der Waals surface area contributed by atoms with Crippen LogP contribution in [-0.2, 0) is 19.1 Å². The van der Waals surface area contributed by atoms with E-state index >= 15 is 0 Å². The van der Waals surface area contributed by atoms with Crippen molar-refractivity contribution in [1.29, 1.82) is 0 Å². The van der Waals surface area contributed by atoms with Gasteiger partial charge in [0.15, 0.2) is 0 Å². The van der Waals surface area contributed by atoms with E-state index in [0.717, 1.165) is 6.42 Å². The second-order valence-corrected chi connectivity index (χ2v) is 7.16. The van der Waals surface area contributed by atoms with E-state index in [1.54, 1.807) is 30.6 Å². The van der Waals surface area contributed by atoms with Crippen LogP contribution in [0.15, 0.2) is 0 Å². The summed E-state index contributed by atoms with van der Waals surface area (Å²) >= 11 is 0. The van der Waals surface area contributed by atoms with Crippen LogP contribution in [0.3, 0.4) is 0 Å². The average molecular weight is 357 g/mol. The van der Waals surface area contributed by atoms with Crippen LogP contribution < -0.4 is 5.73 Å². The predicted octanol–water partition coefficient (Wildman–Crippen LogP) is 1.13. The summed E-state index contributed by atoms with van der Waals surface area (Å²) in [6, 6.07) is -0.744. The molecule has 8 nitrogen and oxygen atoms in total. The average Bonchev–Trinajstić information content (AvgIpc) is 2.55. The Bertz CT molecular complexity index is 467. The zero-order chi connectivity index (χ0) is 19.0. The summed E-state index contributed by atoms with van der Waals surface area (Å²) < 4.78 is 10.3. The molecule has 2 N–H and O–H groups in total. The summed E-state index contributed by atoms with van der Waals surface area (Å²) in [7, 11) is 0. The molecule has 0 aliphatic carbocycles. The van der Waals surface area contributed by atoms with Crippen molar-refractivity contribution in [3.05, 3.63) is 0 Å². The molecule has 1 aliphatic rings. The Morgan fingerprint density at radius 2 is 1.64 bits per heavy atom. The number of nitrogens with two attached hydrogens (primary N) is 1. The highest BCUT2D eigenvalue weighted by atomic mass is 16.6. The Balaban J connectivity index is 2.35. The van der Waals surface area contributed by atoms with Gasteiger partial charge in [-0.3, -0.25) is 9.59 Å². The maximum Gasteiger partial charge on any atom is 0.409 e. The molecule has 0 saturated carbocycles. The van der Waals surface area contributed by atoms with Gasteiger partial charge in [0.1, 0.15) is 5.60 Å². The highest BCUT2D eigenvalue weighted by molar-refractivity contribution is 5.82. The third kappa shape index (κ3) is 7.72. The molecule has 0 radical (unpaired) electrons. The van der Waals surface area contributed by atoms with E-state index in [9.17, 15) is 14.4 Å². The third-order valence-corrected chi connectivity index (χ3v) is 3.68. The number of hydrogen-bond donors (Lipinski definition) is 1. The number of hydrogen-bond acceptors (Lipinski definition) is 6. The molecular weight excluding hydrogens is 326 g/mol. The topological polar surface area (TPSA) is 102 Å². The molecule has 1 atom stereocenters. The normalized spacial score (nSPS) is 16.4. The number of rotatable bonds is 6. The summed E-state index contributed by atoms with van der Waals surface area (Å²) in [4.78, 5) is 39.1. The van der Waals surface area contributed by atoms with Gasteiger partial charge in [-0.05, 0) is 33.6 Å². The minimum atomic E-state index is -0.744. The first-order chi connectivity index (χ1) is 11.6. The van der Waals surface area contributed by atoms with Gasteiger partial charge >= 0.3 is 12.1 Å². The van der Waals surface area contributed by atoms with E-state index in [4.69, 9.17) is 15.2 Å². The van der Waals surface area contributed by atoms with Gasteiger partial charge < -0.3 is 25.0 Å². The second kappa shape index (κ2) is 9.60. The van der Waals surface area contributed by atoms with E-state index in [1.165, 1.54) is 0 Å². The van der Waals surface area contributed by atoms with Crippen LogP contribution in [0.25, 0.3) is 0 Å². The SMILES string of the molecule is CCCOC(=O)N1CCN(C(=O)[C@@H](N)CCC(=O)OC(C)(C)C)CC1. The fourth-order valence-corrected chi connectivity index (χ4v) is 2.41. The maximum absolute atomic E-state index is 12.4. The minimum Gasteiger partial charge on any atom is -0.460 e. The first-order valence-corrected chi connectivity index (χ1v) is 8.82. The van der Waals surface area contributed by atoms with Crippen molar-refractivity contribution in [2.75, 3.05) is 32.8 Å². The molecule has 0 unspecified atom stereocenters. The van der Waals surface area contributed by atoms with Crippen LogP contribution in [0.2, 0.25) is 0 Å². The first kappa shape index (κ1) is 21.2. The van der Waals surface area contributed by atoms with E-state index in [-0.39, 0.29) is 30.8 Å². The molecule has 0 aromatic carbocycles. The molecule has 1 saturated heterocycles. The van der Waals surface area contributed by atoms with Gasteiger partial charge in [0.2, 0.25) is 5.91 Å². The van der Waals surface area contributed by atoms with Crippen LogP contribution in [0.4, 0.5) is 4.79 Å². The lowest BCUT2D eigenvalue weighted by Gasteiger charge is -2.35. The summed E-state index contributed by atoms with van der Waals surface area (Å²) in [6.07, 6.45) is 0.777. The first-order valence-electron chi connectivity index (χ1n) is 8.82.